The highest BCUT2D eigenvalue weighted by atomic mass is 19.4. The Morgan fingerprint density at radius 3 is 2.46 bits per heavy atom. The van der Waals surface area contributed by atoms with Gasteiger partial charge in [-0.1, -0.05) is 0 Å². The van der Waals surface area contributed by atoms with E-state index in [-0.39, 0.29) is 57.0 Å². The van der Waals surface area contributed by atoms with Crippen molar-refractivity contribution >= 4 is 17.5 Å². The van der Waals surface area contributed by atoms with Gasteiger partial charge in [0.25, 0.3) is 5.91 Å². The van der Waals surface area contributed by atoms with Crippen molar-refractivity contribution < 1.29 is 31.5 Å². The highest BCUT2D eigenvalue weighted by Gasteiger charge is 2.63. The fourth-order valence-corrected chi connectivity index (χ4v) is 5.41. The Bertz CT molecular complexity index is 1420. The lowest BCUT2D eigenvalue weighted by Gasteiger charge is -2.33. The van der Waals surface area contributed by atoms with Crippen LogP contribution in [0.25, 0.3) is 5.65 Å². The number of halogens is 5. The minimum atomic E-state index is -4.41. The van der Waals surface area contributed by atoms with Crippen LogP contribution in [0.5, 0.6) is 0 Å². The van der Waals surface area contributed by atoms with Crippen molar-refractivity contribution in [1.29, 1.82) is 0 Å². The molecule has 5 rings (SSSR count). The SMILES string of the molecule is CC(C)n1nccc1C(=O)N[C@H](c1cn2ncc(CNC(=O)CC3(C(F)(F)F)CC3)cc2n1)C1CCC(F)(F)CC1. The molecule has 14 heteroatoms. The molecule has 2 aliphatic carbocycles. The maximum atomic E-state index is 14.0. The number of fused-ring (bicyclic) bond motifs is 1. The van der Waals surface area contributed by atoms with Crippen LogP contribution < -0.4 is 10.6 Å². The lowest BCUT2D eigenvalue weighted by atomic mass is 9.81. The number of hydrogen-bond donors (Lipinski definition) is 2. The van der Waals surface area contributed by atoms with Gasteiger partial charge in [0.1, 0.15) is 5.69 Å². The van der Waals surface area contributed by atoms with Crippen molar-refractivity contribution in [2.75, 3.05) is 0 Å². The van der Waals surface area contributed by atoms with Gasteiger partial charge in [0, 0.05) is 38.0 Å². The summed E-state index contributed by atoms with van der Waals surface area (Å²) in [5.41, 5.74) is -0.234. The van der Waals surface area contributed by atoms with Crippen molar-refractivity contribution in [3.8, 4) is 0 Å². The molecule has 9 nitrogen and oxygen atoms in total. The summed E-state index contributed by atoms with van der Waals surface area (Å²) in [4.78, 5) is 30.1. The van der Waals surface area contributed by atoms with Gasteiger partial charge < -0.3 is 10.6 Å². The first-order valence-electron chi connectivity index (χ1n) is 13.7. The van der Waals surface area contributed by atoms with Crippen LogP contribution in [-0.4, -0.2) is 48.3 Å². The Balaban J connectivity index is 1.33. The van der Waals surface area contributed by atoms with Gasteiger partial charge in [-0.2, -0.15) is 23.4 Å². The molecule has 0 bridgehead atoms. The summed E-state index contributed by atoms with van der Waals surface area (Å²) < 4.78 is 70.5. The molecule has 3 aromatic rings. The van der Waals surface area contributed by atoms with Gasteiger partial charge in [-0.25, -0.2) is 18.3 Å². The zero-order valence-electron chi connectivity index (χ0n) is 22.7. The summed E-state index contributed by atoms with van der Waals surface area (Å²) >= 11 is 0. The summed E-state index contributed by atoms with van der Waals surface area (Å²) in [6.07, 6.45) is -0.719. The Hall–Kier alpha value is -3.58. The second kappa shape index (κ2) is 10.7. The molecule has 0 aliphatic heterocycles. The predicted octanol–water partition coefficient (Wildman–Crippen LogP) is 5.15. The van der Waals surface area contributed by atoms with Crippen molar-refractivity contribution in [1.82, 2.24) is 35.0 Å². The van der Waals surface area contributed by atoms with E-state index in [2.05, 4.69) is 25.8 Å². The fourth-order valence-electron chi connectivity index (χ4n) is 5.41. The predicted molar refractivity (Wildman–Crippen MR) is 137 cm³/mol. The number of hydrogen-bond acceptors (Lipinski definition) is 5. The topological polar surface area (TPSA) is 106 Å². The molecule has 2 fully saturated rings. The number of aromatic nitrogens is 5. The molecular weight excluding hydrogens is 549 g/mol. The van der Waals surface area contributed by atoms with Crippen LogP contribution in [0.4, 0.5) is 22.0 Å². The van der Waals surface area contributed by atoms with Gasteiger partial charge in [0.05, 0.1) is 29.5 Å². The summed E-state index contributed by atoms with van der Waals surface area (Å²) in [5.74, 6) is -4.14. The third-order valence-electron chi connectivity index (χ3n) is 8.07. The monoisotopic (exact) mass is 581 g/mol. The van der Waals surface area contributed by atoms with E-state index in [4.69, 9.17) is 0 Å². The molecule has 3 aromatic heterocycles. The fraction of sp³-hybridized carbons (Fsp3) is 0.593. The lowest BCUT2D eigenvalue weighted by molar-refractivity contribution is -0.190. The van der Waals surface area contributed by atoms with E-state index in [1.807, 2.05) is 13.8 Å². The first kappa shape index (κ1) is 28.9. The van der Waals surface area contributed by atoms with E-state index in [1.165, 1.54) is 16.9 Å². The number of amides is 2. The van der Waals surface area contributed by atoms with Crippen molar-refractivity contribution in [3.05, 3.63) is 47.7 Å². The van der Waals surface area contributed by atoms with Gasteiger partial charge >= 0.3 is 6.18 Å². The van der Waals surface area contributed by atoms with Gasteiger partial charge in [-0.05, 0) is 63.1 Å². The highest BCUT2D eigenvalue weighted by Crippen LogP contribution is 2.59. The quantitative estimate of drug-likeness (QED) is 0.340. The van der Waals surface area contributed by atoms with Crippen LogP contribution in [0.3, 0.4) is 0 Å². The minimum absolute atomic E-state index is 0.0322. The second-order valence-electron chi connectivity index (χ2n) is 11.5. The zero-order valence-corrected chi connectivity index (χ0v) is 22.7. The summed E-state index contributed by atoms with van der Waals surface area (Å²) in [6, 6.07) is 2.48. The maximum Gasteiger partial charge on any atom is 0.395 e. The average Bonchev–Trinajstić information content (AvgIpc) is 3.33. The van der Waals surface area contributed by atoms with Gasteiger partial charge in [-0.15, -0.1) is 0 Å². The number of rotatable bonds is 9. The molecule has 3 heterocycles. The molecular formula is C27H32F5N7O2. The largest absolute Gasteiger partial charge is 0.395 e. The van der Waals surface area contributed by atoms with Crippen LogP contribution in [0.15, 0.2) is 30.7 Å². The normalized spacial score (nSPS) is 19.3. The van der Waals surface area contributed by atoms with Crippen LogP contribution in [0.1, 0.15) is 92.6 Å². The Morgan fingerprint density at radius 2 is 1.83 bits per heavy atom. The molecule has 2 aliphatic rings. The van der Waals surface area contributed by atoms with Gasteiger partial charge in [0.2, 0.25) is 11.8 Å². The van der Waals surface area contributed by atoms with Crippen LogP contribution in [0, 0.1) is 11.3 Å². The molecule has 2 amide bonds. The molecule has 222 valence electrons. The van der Waals surface area contributed by atoms with Crippen molar-refractivity contribution in [2.24, 2.45) is 11.3 Å². The smallest absolute Gasteiger partial charge is 0.352 e. The Morgan fingerprint density at radius 1 is 1.12 bits per heavy atom. The highest BCUT2D eigenvalue weighted by molar-refractivity contribution is 5.92. The van der Waals surface area contributed by atoms with Crippen LogP contribution in [0.2, 0.25) is 0 Å². The molecule has 41 heavy (non-hydrogen) atoms. The molecule has 0 spiro atoms. The van der Waals surface area contributed by atoms with E-state index >= 15 is 0 Å². The van der Waals surface area contributed by atoms with Crippen LogP contribution >= 0.6 is 0 Å². The summed E-state index contributed by atoms with van der Waals surface area (Å²) in [6.45, 7) is 3.74. The van der Waals surface area contributed by atoms with E-state index in [0.29, 0.717) is 22.6 Å². The molecule has 0 aromatic carbocycles. The Kier molecular flexibility index (Phi) is 7.53. The number of carbonyl (C=O) groups excluding carboxylic acids is 2. The number of carbonyl (C=O) groups is 2. The molecule has 1 atom stereocenters. The number of nitrogens with zero attached hydrogens (tertiary/aromatic N) is 5. The van der Waals surface area contributed by atoms with E-state index in [0.717, 1.165) is 0 Å². The average molecular weight is 582 g/mol. The standard InChI is InChI=1S/C27H32F5N7O2/c1-16(2)39-20(5-10-34-39)24(41)37-23(18-3-6-26(28,29)7-4-18)19-15-38-21(36-19)11-17(14-35-38)13-33-22(40)12-25(8-9-25)27(30,31)32/h5,10-11,14-16,18,23H,3-4,6-9,12-13H2,1-2H3,(H,33,40)(H,37,41)/t23-/m0/s1. The van der Waals surface area contributed by atoms with Crippen molar-refractivity contribution in [2.45, 2.75) is 89.5 Å². The lowest BCUT2D eigenvalue weighted by Crippen LogP contribution is -2.38. The van der Waals surface area contributed by atoms with E-state index in [9.17, 15) is 31.5 Å². The number of imidazole rings is 1. The van der Waals surface area contributed by atoms with Gasteiger partial charge in [-0.3, -0.25) is 14.3 Å². The summed E-state index contributed by atoms with van der Waals surface area (Å²) in [5, 5.41) is 14.0. The molecule has 0 radical (unpaired) electrons. The van der Waals surface area contributed by atoms with Gasteiger partial charge in [0.15, 0.2) is 5.65 Å². The van der Waals surface area contributed by atoms with Crippen LogP contribution in [-0.2, 0) is 11.3 Å². The number of alkyl halides is 5. The first-order chi connectivity index (χ1) is 19.3. The second-order valence-corrected chi connectivity index (χ2v) is 11.5. The number of nitrogens with one attached hydrogen (secondary N) is 2. The zero-order chi connectivity index (χ0) is 29.6. The first-order valence-corrected chi connectivity index (χ1v) is 13.7. The molecule has 0 unspecified atom stereocenters. The van der Waals surface area contributed by atoms with E-state index < -0.39 is 41.8 Å². The van der Waals surface area contributed by atoms with E-state index in [1.54, 1.807) is 23.0 Å². The minimum Gasteiger partial charge on any atom is -0.352 e. The molecule has 0 saturated heterocycles. The summed E-state index contributed by atoms with van der Waals surface area (Å²) in [7, 11) is 0. The third kappa shape index (κ3) is 6.20. The third-order valence-corrected chi connectivity index (χ3v) is 8.07. The van der Waals surface area contributed by atoms with Crippen molar-refractivity contribution in [3.63, 3.8) is 0 Å². The maximum absolute atomic E-state index is 14.0. The molecule has 2 N–H and O–H groups in total. The Labute approximate surface area is 232 Å². The molecule has 2 saturated carbocycles.